The van der Waals surface area contributed by atoms with Crippen molar-refractivity contribution in [3.63, 3.8) is 0 Å². The number of rotatable bonds is 4. The molecule has 0 aliphatic carbocycles. The van der Waals surface area contributed by atoms with Gasteiger partial charge in [-0.3, -0.25) is 0 Å². The normalized spacial score (nSPS) is 22.3. The van der Waals surface area contributed by atoms with Crippen LogP contribution in [0.15, 0.2) is 36.5 Å². The van der Waals surface area contributed by atoms with E-state index in [1.807, 2.05) is 25.2 Å². The second-order valence-electron chi connectivity index (χ2n) is 3.41. The van der Waals surface area contributed by atoms with Gasteiger partial charge >= 0.3 is 6.09 Å². The van der Waals surface area contributed by atoms with Crippen LogP contribution in [-0.4, -0.2) is 18.7 Å². The summed E-state index contributed by atoms with van der Waals surface area (Å²) in [6, 6.07) is 0.0809. The number of carbonyl (C=O) groups excluding carboxylic acids is 1. The lowest BCUT2D eigenvalue weighted by atomic mass is 10.1. The maximum Gasteiger partial charge on any atom is 0.407 e. The molecule has 1 aliphatic rings. The van der Waals surface area contributed by atoms with E-state index in [9.17, 15) is 4.79 Å². The number of nitrogens with one attached hydrogen (secondary N) is 1. The molecule has 1 saturated heterocycles. The molecule has 3 heteroatoms. The molecule has 1 fully saturated rings. The summed E-state index contributed by atoms with van der Waals surface area (Å²) in [5.41, 5.74) is 1.17. The van der Waals surface area contributed by atoms with Crippen LogP contribution in [0, 0.1) is 0 Å². The minimum Gasteiger partial charge on any atom is -0.449 e. The van der Waals surface area contributed by atoms with Gasteiger partial charge in [0.1, 0.15) is 0 Å². The first kappa shape index (κ1) is 11.6. The molecule has 15 heavy (non-hydrogen) atoms. The molecular weight excluding hydrogens is 190 g/mol. The number of amides is 1. The van der Waals surface area contributed by atoms with Gasteiger partial charge in [-0.2, -0.15) is 0 Å². The lowest BCUT2D eigenvalue weighted by Gasteiger charge is -2.21. The van der Waals surface area contributed by atoms with Crippen molar-refractivity contribution in [2.75, 3.05) is 6.61 Å². The first-order valence-electron chi connectivity index (χ1n) is 5.14. The van der Waals surface area contributed by atoms with E-state index in [0.29, 0.717) is 6.61 Å². The van der Waals surface area contributed by atoms with Gasteiger partial charge < -0.3 is 10.1 Å². The molecule has 0 spiro atoms. The molecule has 1 atom stereocenters. The molecular formula is C12H17NO2. The number of hydrogen-bond acceptors (Lipinski definition) is 2. The summed E-state index contributed by atoms with van der Waals surface area (Å²) < 4.78 is 4.79. The summed E-state index contributed by atoms with van der Waals surface area (Å²) in [5, 5.41) is 2.76. The number of cyclic esters (lactones) is 1. The summed E-state index contributed by atoms with van der Waals surface area (Å²) >= 11 is 0. The average Bonchev–Trinajstić information content (AvgIpc) is 2.18. The van der Waals surface area contributed by atoms with Crippen molar-refractivity contribution in [1.29, 1.82) is 0 Å². The number of ether oxygens (including phenoxy) is 1. The van der Waals surface area contributed by atoms with E-state index in [0.717, 1.165) is 12.8 Å². The highest BCUT2D eigenvalue weighted by Crippen LogP contribution is 2.10. The highest BCUT2D eigenvalue weighted by Gasteiger charge is 2.16. The summed E-state index contributed by atoms with van der Waals surface area (Å²) in [6.07, 6.45) is 9.23. The Hall–Kier alpha value is -1.51. The molecule has 0 radical (unpaired) electrons. The Morgan fingerprint density at radius 3 is 3.13 bits per heavy atom. The molecule has 1 heterocycles. The van der Waals surface area contributed by atoms with Crippen LogP contribution in [0.5, 0.6) is 0 Å². The molecule has 0 saturated carbocycles. The Bertz CT molecular complexity index is 292. The van der Waals surface area contributed by atoms with Crippen molar-refractivity contribution in [1.82, 2.24) is 5.32 Å². The Morgan fingerprint density at radius 1 is 1.73 bits per heavy atom. The highest BCUT2D eigenvalue weighted by atomic mass is 16.5. The van der Waals surface area contributed by atoms with Crippen LogP contribution >= 0.6 is 0 Å². The third kappa shape index (κ3) is 4.02. The molecule has 0 aromatic carbocycles. The molecule has 82 valence electrons. The third-order valence-electron chi connectivity index (χ3n) is 2.14. The van der Waals surface area contributed by atoms with Crippen molar-refractivity contribution in [3.8, 4) is 0 Å². The predicted molar refractivity (Wildman–Crippen MR) is 60.6 cm³/mol. The zero-order chi connectivity index (χ0) is 11.1. The van der Waals surface area contributed by atoms with E-state index in [4.69, 9.17) is 4.74 Å². The van der Waals surface area contributed by atoms with E-state index in [1.54, 1.807) is 0 Å². The molecule has 1 aliphatic heterocycles. The molecule has 1 amide bonds. The van der Waals surface area contributed by atoms with Crippen LogP contribution in [0.4, 0.5) is 4.79 Å². The quantitative estimate of drug-likeness (QED) is 0.568. The first-order chi connectivity index (χ1) is 7.26. The Morgan fingerprint density at radius 2 is 2.53 bits per heavy atom. The molecule has 3 nitrogen and oxygen atoms in total. The maximum atomic E-state index is 11.0. The van der Waals surface area contributed by atoms with E-state index >= 15 is 0 Å². The largest absolute Gasteiger partial charge is 0.449 e. The number of carbonyl (C=O) groups is 1. The third-order valence-corrected chi connectivity index (χ3v) is 2.14. The zero-order valence-corrected chi connectivity index (χ0v) is 9.03. The van der Waals surface area contributed by atoms with Crippen molar-refractivity contribution < 1.29 is 9.53 Å². The second kappa shape index (κ2) is 6.06. The Labute approximate surface area is 90.5 Å². The molecule has 1 rings (SSSR count). The van der Waals surface area contributed by atoms with E-state index in [2.05, 4.69) is 18.0 Å². The van der Waals surface area contributed by atoms with Crippen LogP contribution in [0.25, 0.3) is 0 Å². The summed E-state index contributed by atoms with van der Waals surface area (Å²) in [6.45, 7) is 6.17. The summed E-state index contributed by atoms with van der Waals surface area (Å²) in [4.78, 5) is 11.0. The zero-order valence-electron chi connectivity index (χ0n) is 9.03. The fourth-order valence-corrected chi connectivity index (χ4v) is 1.50. The lowest BCUT2D eigenvalue weighted by molar-refractivity contribution is 0.121. The van der Waals surface area contributed by atoms with Crippen LogP contribution in [0.2, 0.25) is 0 Å². The molecule has 0 aromatic heterocycles. The van der Waals surface area contributed by atoms with Crippen molar-refractivity contribution in [2.45, 2.75) is 25.8 Å². The Balaban J connectivity index is 2.63. The SMILES string of the molecule is C=CCC(/C=C\C)=C\[C@H]1CCOC(=O)N1. The average molecular weight is 207 g/mol. The topological polar surface area (TPSA) is 38.3 Å². The summed E-state index contributed by atoms with van der Waals surface area (Å²) in [5.74, 6) is 0. The smallest absolute Gasteiger partial charge is 0.407 e. The number of allylic oxidation sites excluding steroid dienone is 4. The molecule has 0 unspecified atom stereocenters. The molecule has 0 aromatic rings. The van der Waals surface area contributed by atoms with E-state index < -0.39 is 0 Å². The van der Waals surface area contributed by atoms with Gasteiger partial charge in [-0.25, -0.2) is 4.79 Å². The van der Waals surface area contributed by atoms with Gasteiger partial charge in [0.05, 0.1) is 12.6 Å². The van der Waals surface area contributed by atoms with Gasteiger partial charge in [-0.05, 0) is 18.9 Å². The van der Waals surface area contributed by atoms with Gasteiger partial charge in [-0.1, -0.05) is 24.3 Å². The van der Waals surface area contributed by atoms with Crippen LogP contribution in [0.3, 0.4) is 0 Å². The molecule has 1 N–H and O–H groups in total. The lowest BCUT2D eigenvalue weighted by Crippen LogP contribution is -2.40. The van der Waals surface area contributed by atoms with Gasteiger partial charge in [0.25, 0.3) is 0 Å². The number of alkyl carbamates (subject to hydrolysis) is 1. The standard InChI is InChI=1S/C12H17NO2/c1-3-5-10(6-4-2)9-11-7-8-15-12(14)13-11/h3-4,6,9,11H,1,5,7-8H2,2H3,(H,13,14)/b6-4-,10-9+/t11-/m1/s1. The molecule has 0 bridgehead atoms. The Kier molecular flexibility index (Phi) is 4.68. The minimum absolute atomic E-state index is 0.0809. The minimum atomic E-state index is -0.332. The van der Waals surface area contributed by atoms with Crippen LogP contribution < -0.4 is 5.32 Å². The highest BCUT2D eigenvalue weighted by molar-refractivity contribution is 5.68. The monoisotopic (exact) mass is 207 g/mol. The van der Waals surface area contributed by atoms with Crippen LogP contribution in [0.1, 0.15) is 19.8 Å². The van der Waals surface area contributed by atoms with Gasteiger partial charge in [0.2, 0.25) is 0 Å². The van der Waals surface area contributed by atoms with E-state index in [1.165, 1.54) is 5.57 Å². The van der Waals surface area contributed by atoms with Crippen molar-refractivity contribution >= 4 is 6.09 Å². The second-order valence-corrected chi connectivity index (χ2v) is 3.41. The number of hydrogen-bond donors (Lipinski definition) is 1. The van der Waals surface area contributed by atoms with Gasteiger partial charge in [-0.15, -0.1) is 6.58 Å². The first-order valence-corrected chi connectivity index (χ1v) is 5.14. The van der Waals surface area contributed by atoms with E-state index in [-0.39, 0.29) is 12.1 Å². The fourth-order valence-electron chi connectivity index (χ4n) is 1.50. The van der Waals surface area contributed by atoms with Gasteiger partial charge in [0.15, 0.2) is 0 Å². The van der Waals surface area contributed by atoms with Crippen LogP contribution in [-0.2, 0) is 4.74 Å². The predicted octanol–water partition coefficient (Wildman–Crippen LogP) is 2.56. The van der Waals surface area contributed by atoms with Crippen molar-refractivity contribution in [3.05, 3.63) is 36.5 Å². The maximum absolute atomic E-state index is 11.0. The van der Waals surface area contributed by atoms with Crippen molar-refractivity contribution in [2.24, 2.45) is 0 Å². The fraction of sp³-hybridized carbons (Fsp3) is 0.417. The van der Waals surface area contributed by atoms with Gasteiger partial charge in [0, 0.05) is 6.42 Å². The summed E-state index contributed by atoms with van der Waals surface area (Å²) in [7, 11) is 0.